The molecule has 3 N–H and O–H groups in total. The van der Waals surface area contributed by atoms with Gasteiger partial charge in [-0.25, -0.2) is 0 Å². The highest BCUT2D eigenvalue weighted by Crippen LogP contribution is 2.19. The Morgan fingerprint density at radius 3 is 2.46 bits per heavy atom. The van der Waals surface area contributed by atoms with E-state index in [4.69, 9.17) is 11.6 Å². The lowest BCUT2D eigenvalue weighted by Gasteiger charge is -2.28. The maximum Gasteiger partial charge on any atom is 0.249 e. The van der Waals surface area contributed by atoms with E-state index in [9.17, 15) is 19.8 Å². The van der Waals surface area contributed by atoms with Gasteiger partial charge in [0.1, 0.15) is 12.0 Å². The molecule has 0 heterocycles. The second-order valence-corrected chi connectivity index (χ2v) is 6.54. The third-order valence-corrected chi connectivity index (χ3v) is 3.99. The number of carbonyl (C=O) groups is 2. The molecule has 1 atom stereocenters. The molecule has 134 valence electrons. The molecule has 0 aliphatic heterocycles. The Morgan fingerprint density at radius 1 is 1.29 bits per heavy atom. The highest BCUT2D eigenvalue weighted by molar-refractivity contribution is 6.27. The third kappa shape index (κ3) is 6.11. The lowest BCUT2D eigenvalue weighted by atomic mass is 9.87. The van der Waals surface area contributed by atoms with Crippen LogP contribution in [0.15, 0.2) is 30.3 Å². The van der Waals surface area contributed by atoms with E-state index in [1.165, 1.54) is 0 Å². The molecule has 6 nitrogen and oxygen atoms in total. The summed E-state index contributed by atoms with van der Waals surface area (Å²) in [6.07, 6.45) is -1.33. The fourth-order valence-corrected chi connectivity index (χ4v) is 2.20. The molecule has 0 aliphatic rings. The van der Waals surface area contributed by atoms with Gasteiger partial charge in [-0.15, -0.1) is 11.6 Å². The van der Waals surface area contributed by atoms with E-state index in [0.29, 0.717) is 6.54 Å². The van der Waals surface area contributed by atoms with Crippen LogP contribution in [0.2, 0.25) is 0 Å². The fraction of sp³-hybridized carbons (Fsp3) is 0.529. The van der Waals surface area contributed by atoms with Crippen LogP contribution in [0, 0.1) is 5.41 Å². The second-order valence-electron chi connectivity index (χ2n) is 6.27. The fourth-order valence-electron chi connectivity index (χ4n) is 2.03. The molecule has 1 rings (SSSR count). The first-order valence-electron chi connectivity index (χ1n) is 7.76. The van der Waals surface area contributed by atoms with Gasteiger partial charge in [-0.2, -0.15) is 0 Å². The van der Waals surface area contributed by atoms with Crippen LogP contribution >= 0.6 is 11.6 Å². The molecule has 0 saturated carbocycles. The zero-order chi connectivity index (χ0) is 18.2. The van der Waals surface area contributed by atoms with Gasteiger partial charge in [-0.05, 0) is 5.56 Å². The standard InChI is InChI=1S/C17H25ClN2O4/c1-17(2,12-21)15(23)16(24)19-8-9-20(14(22)10-18)11-13-6-4-3-5-7-13/h3-7,15,21,23H,8-12H2,1-2H3,(H,19,24)/t15-/m0/s1. The summed E-state index contributed by atoms with van der Waals surface area (Å²) in [5.74, 6) is -0.945. The van der Waals surface area contributed by atoms with Crippen molar-refractivity contribution in [1.29, 1.82) is 0 Å². The van der Waals surface area contributed by atoms with Crippen molar-refractivity contribution in [1.82, 2.24) is 10.2 Å². The summed E-state index contributed by atoms with van der Waals surface area (Å²) in [5.41, 5.74) is 0.0310. The monoisotopic (exact) mass is 356 g/mol. The quantitative estimate of drug-likeness (QED) is 0.569. The van der Waals surface area contributed by atoms with E-state index in [1.807, 2.05) is 30.3 Å². The van der Waals surface area contributed by atoms with Crippen molar-refractivity contribution in [2.24, 2.45) is 5.41 Å². The van der Waals surface area contributed by atoms with Crippen LogP contribution in [-0.4, -0.2) is 58.6 Å². The van der Waals surface area contributed by atoms with Crippen LogP contribution in [0.4, 0.5) is 0 Å². The molecular formula is C17H25ClN2O4. The lowest BCUT2D eigenvalue weighted by Crippen LogP contribution is -2.47. The zero-order valence-electron chi connectivity index (χ0n) is 14.0. The molecule has 0 bridgehead atoms. The number of amides is 2. The van der Waals surface area contributed by atoms with Gasteiger partial charge < -0.3 is 20.4 Å². The molecule has 2 amide bonds. The summed E-state index contributed by atoms with van der Waals surface area (Å²) in [6, 6.07) is 9.46. The van der Waals surface area contributed by atoms with Gasteiger partial charge in [0.2, 0.25) is 11.8 Å². The molecule has 0 radical (unpaired) electrons. The van der Waals surface area contributed by atoms with E-state index < -0.39 is 17.4 Å². The smallest absolute Gasteiger partial charge is 0.249 e. The first-order chi connectivity index (χ1) is 11.3. The van der Waals surface area contributed by atoms with Crippen molar-refractivity contribution < 1.29 is 19.8 Å². The normalized spacial score (nSPS) is 12.5. The SMILES string of the molecule is CC(C)(CO)[C@@H](O)C(=O)NCCN(Cc1ccccc1)C(=O)CCl. The summed E-state index contributed by atoms with van der Waals surface area (Å²) in [5, 5.41) is 21.7. The predicted octanol–water partition coefficient (Wildman–Crippen LogP) is 0.750. The van der Waals surface area contributed by atoms with Crippen LogP contribution < -0.4 is 5.32 Å². The Morgan fingerprint density at radius 2 is 1.92 bits per heavy atom. The van der Waals surface area contributed by atoms with Crippen LogP contribution in [0.5, 0.6) is 0 Å². The molecule has 0 aromatic heterocycles. The maximum atomic E-state index is 11.9. The first-order valence-corrected chi connectivity index (χ1v) is 8.29. The van der Waals surface area contributed by atoms with E-state index >= 15 is 0 Å². The Hall–Kier alpha value is -1.63. The zero-order valence-corrected chi connectivity index (χ0v) is 14.8. The number of alkyl halides is 1. The number of benzene rings is 1. The van der Waals surface area contributed by atoms with Gasteiger partial charge in [-0.3, -0.25) is 9.59 Å². The molecule has 0 aliphatic carbocycles. The van der Waals surface area contributed by atoms with E-state index in [0.717, 1.165) is 5.56 Å². The number of nitrogens with zero attached hydrogens (tertiary/aromatic N) is 1. The molecule has 24 heavy (non-hydrogen) atoms. The molecular weight excluding hydrogens is 332 g/mol. The average Bonchev–Trinajstić information content (AvgIpc) is 2.60. The van der Waals surface area contributed by atoms with E-state index in [-0.39, 0.29) is 31.5 Å². The number of aliphatic hydroxyl groups excluding tert-OH is 2. The summed E-state index contributed by atoms with van der Waals surface area (Å²) in [4.78, 5) is 25.4. The van der Waals surface area contributed by atoms with Crippen molar-refractivity contribution in [2.75, 3.05) is 25.6 Å². The Kier molecular flexibility index (Phi) is 8.18. The van der Waals surface area contributed by atoms with Crippen LogP contribution in [-0.2, 0) is 16.1 Å². The van der Waals surface area contributed by atoms with E-state index in [2.05, 4.69) is 5.32 Å². The highest BCUT2D eigenvalue weighted by atomic mass is 35.5. The van der Waals surface area contributed by atoms with Crippen molar-refractivity contribution in [3.05, 3.63) is 35.9 Å². The number of rotatable bonds is 9. The van der Waals surface area contributed by atoms with Gasteiger partial charge >= 0.3 is 0 Å². The number of hydrogen-bond donors (Lipinski definition) is 3. The minimum absolute atomic E-state index is 0.138. The predicted molar refractivity (Wildman–Crippen MR) is 92.5 cm³/mol. The summed E-state index contributed by atoms with van der Waals surface area (Å²) >= 11 is 5.64. The van der Waals surface area contributed by atoms with Crippen LogP contribution in [0.1, 0.15) is 19.4 Å². The number of halogens is 1. The second kappa shape index (κ2) is 9.61. The first kappa shape index (κ1) is 20.4. The van der Waals surface area contributed by atoms with Crippen molar-refractivity contribution >= 4 is 23.4 Å². The molecule has 0 unspecified atom stereocenters. The van der Waals surface area contributed by atoms with Crippen molar-refractivity contribution in [2.45, 2.75) is 26.5 Å². The van der Waals surface area contributed by atoms with Gasteiger partial charge in [0.05, 0.1) is 6.61 Å². The van der Waals surface area contributed by atoms with Gasteiger partial charge in [0, 0.05) is 25.0 Å². The summed E-state index contributed by atoms with van der Waals surface area (Å²) < 4.78 is 0. The Bertz CT molecular complexity index is 537. The van der Waals surface area contributed by atoms with Gasteiger partial charge in [-0.1, -0.05) is 44.2 Å². The summed E-state index contributed by atoms with van der Waals surface area (Å²) in [6.45, 7) is 3.73. The highest BCUT2D eigenvalue weighted by Gasteiger charge is 2.32. The minimum Gasteiger partial charge on any atom is -0.396 e. The number of carbonyl (C=O) groups excluding carboxylic acids is 2. The van der Waals surface area contributed by atoms with Crippen molar-refractivity contribution in [3.63, 3.8) is 0 Å². The number of nitrogens with one attached hydrogen (secondary N) is 1. The summed E-state index contributed by atoms with van der Waals surface area (Å²) in [7, 11) is 0. The maximum absolute atomic E-state index is 11.9. The van der Waals surface area contributed by atoms with Crippen LogP contribution in [0.25, 0.3) is 0 Å². The van der Waals surface area contributed by atoms with Gasteiger partial charge in [0.15, 0.2) is 0 Å². The number of aliphatic hydroxyl groups is 2. The van der Waals surface area contributed by atoms with E-state index in [1.54, 1.807) is 18.7 Å². The molecule has 0 spiro atoms. The number of hydrogen-bond acceptors (Lipinski definition) is 4. The average molecular weight is 357 g/mol. The third-order valence-electron chi connectivity index (χ3n) is 3.76. The van der Waals surface area contributed by atoms with Crippen molar-refractivity contribution in [3.8, 4) is 0 Å². The van der Waals surface area contributed by atoms with Gasteiger partial charge in [0.25, 0.3) is 0 Å². The Balaban J connectivity index is 2.57. The molecule has 1 aromatic carbocycles. The lowest BCUT2D eigenvalue weighted by molar-refractivity contribution is -0.137. The molecule has 0 fully saturated rings. The molecule has 0 saturated heterocycles. The largest absolute Gasteiger partial charge is 0.396 e. The topological polar surface area (TPSA) is 89.9 Å². The minimum atomic E-state index is -1.33. The molecule has 1 aromatic rings. The van der Waals surface area contributed by atoms with Crippen LogP contribution in [0.3, 0.4) is 0 Å². The Labute approximate surface area is 147 Å². The molecule has 7 heteroatoms.